The fourth-order valence-corrected chi connectivity index (χ4v) is 2.01. The van der Waals surface area contributed by atoms with Crippen LogP contribution in [0.1, 0.15) is 18.4 Å². The van der Waals surface area contributed by atoms with E-state index < -0.39 is 51.8 Å². The second-order valence-electron chi connectivity index (χ2n) is 5.45. The first-order valence-corrected chi connectivity index (χ1v) is 6.90. The molecule has 0 amide bonds. The predicted molar refractivity (Wildman–Crippen MR) is 79.3 cm³/mol. The van der Waals surface area contributed by atoms with Crippen molar-refractivity contribution in [1.82, 2.24) is 0 Å². The SMILES string of the molecule is CN(C)c1c(F)c(F)c(F)c(F)c1C(O)=C(C=NC1CC1)C(=O)O. The summed E-state index contributed by atoms with van der Waals surface area (Å²) in [5.74, 6) is -10.8. The van der Waals surface area contributed by atoms with Crippen LogP contribution in [0, 0.1) is 23.3 Å². The van der Waals surface area contributed by atoms with Gasteiger partial charge in [-0.25, -0.2) is 22.4 Å². The van der Waals surface area contributed by atoms with E-state index >= 15 is 0 Å². The lowest BCUT2D eigenvalue weighted by Crippen LogP contribution is -2.18. The summed E-state index contributed by atoms with van der Waals surface area (Å²) in [6, 6.07) is -0.105. The first kappa shape index (κ1) is 17.8. The number of nitrogens with zero attached hydrogens (tertiary/aromatic N) is 2. The Hall–Kier alpha value is -2.58. The van der Waals surface area contributed by atoms with Crippen LogP contribution in [0.2, 0.25) is 0 Å². The molecule has 1 saturated carbocycles. The molecule has 0 aromatic heterocycles. The highest BCUT2D eigenvalue weighted by atomic mass is 19.2. The molecule has 2 N–H and O–H groups in total. The van der Waals surface area contributed by atoms with Gasteiger partial charge in [0.1, 0.15) is 11.3 Å². The predicted octanol–water partition coefficient (Wildman–Crippen LogP) is 2.90. The van der Waals surface area contributed by atoms with Crippen molar-refractivity contribution in [2.75, 3.05) is 19.0 Å². The van der Waals surface area contributed by atoms with E-state index in [9.17, 15) is 27.5 Å². The zero-order chi connectivity index (χ0) is 18.2. The number of aliphatic imine (C=N–C) groups is 1. The highest BCUT2D eigenvalue weighted by molar-refractivity contribution is 6.14. The van der Waals surface area contributed by atoms with Crippen LogP contribution in [0.3, 0.4) is 0 Å². The molecule has 0 heterocycles. The Kier molecular flexibility index (Phi) is 4.81. The van der Waals surface area contributed by atoms with Crippen LogP contribution in [0.25, 0.3) is 5.76 Å². The van der Waals surface area contributed by atoms with Gasteiger partial charge < -0.3 is 15.1 Å². The summed E-state index contributed by atoms with van der Waals surface area (Å²) in [5, 5.41) is 19.3. The molecule has 130 valence electrons. The van der Waals surface area contributed by atoms with Gasteiger partial charge in [-0.15, -0.1) is 0 Å². The molecule has 5 nitrogen and oxygen atoms in total. The van der Waals surface area contributed by atoms with Crippen molar-refractivity contribution in [3.05, 3.63) is 34.4 Å². The standard InChI is InChI=1S/C15H14F4N2O3/c1-21(2)13-8(9(16)10(17)11(18)12(13)19)14(22)7(15(23)24)5-20-6-3-4-6/h5-6,22H,3-4H2,1-2H3,(H,23,24). The quantitative estimate of drug-likeness (QED) is 0.215. The van der Waals surface area contributed by atoms with E-state index in [-0.39, 0.29) is 6.04 Å². The Morgan fingerprint density at radius 3 is 2.08 bits per heavy atom. The maximum Gasteiger partial charge on any atom is 0.341 e. The number of aliphatic carboxylic acids is 1. The van der Waals surface area contributed by atoms with Gasteiger partial charge in [-0.3, -0.25) is 4.99 Å². The number of hydrogen-bond acceptors (Lipinski definition) is 4. The number of aliphatic hydroxyl groups is 1. The largest absolute Gasteiger partial charge is 0.506 e. The van der Waals surface area contributed by atoms with E-state index in [1.807, 2.05) is 0 Å². The molecule has 0 atom stereocenters. The minimum Gasteiger partial charge on any atom is -0.506 e. The van der Waals surface area contributed by atoms with E-state index in [2.05, 4.69) is 4.99 Å². The van der Waals surface area contributed by atoms with Gasteiger partial charge in [0.15, 0.2) is 23.3 Å². The highest BCUT2D eigenvalue weighted by Gasteiger charge is 2.31. The molecule has 0 unspecified atom stereocenters. The van der Waals surface area contributed by atoms with Gasteiger partial charge in [0.25, 0.3) is 0 Å². The number of carboxylic acids is 1. The number of benzene rings is 1. The van der Waals surface area contributed by atoms with Crippen LogP contribution in [0.15, 0.2) is 10.6 Å². The summed E-state index contributed by atoms with van der Waals surface area (Å²) in [5.41, 5.74) is -2.76. The maximum absolute atomic E-state index is 14.1. The maximum atomic E-state index is 14.1. The Morgan fingerprint density at radius 1 is 1.08 bits per heavy atom. The first-order chi connectivity index (χ1) is 11.2. The molecule has 0 aliphatic heterocycles. The van der Waals surface area contributed by atoms with Gasteiger partial charge in [0, 0.05) is 20.3 Å². The summed E-state index contributed by atoms with van der Waals surface area (Å²) in [6.07, 6.45) is 2.27. The van der Waals surface area contributed by atoms with E-state index in [4.69, 9.17) is 5.11 Å². The Bertz CT molecular complexity index is 756. The average Bonchev–Trinajstić information content (AvgIpc) is 3.31. The second kappa shape index (κ2) is 6.50. The third kappa shape index (κ3) is 3.19. The zero-order valence-corrected chi connectivity index (χ0v) is 12.8. The highest BCUT2D eigenvalue weighted by Crippen LogP contribution is 2.35. The van der Waals surface area contributed by atoms with Crippen LogP contribution in [0.5, 0.6) is 0 Å². The van der Waals surface area contributed by atoms with Gasteiger partial charge in [-0.1, -0.05) is 0 Å². The number of halogens is 4. The van der Waals surface area contributed by atoms with E-state index in [0.717, 1.165) is 24.0 Å². The van der Waals surface area contributed by atoms with Gasteiger partial charge in [-0.05, 0) is 12.8 Å². The van der Waals surface area contributed by atoms with Crippen LogP contribution in [-0.4, -0.2) is 42.5 Å². The minimum atomic E-state index is -2.15. The van der Waals surface area contributed by atoms with Crippen LogP contribution >= 0.6 is 0 Å². The number of rotatable bonds is 5. The van der Waals surface area contributed by atoms with E-state index in [1.165, 1.54) is 14.1 Å². The molecule has 24 heavy (non-hydrogen) atoms. The van der Waals surface area contributed by atoms with Crippen LogP contribution in [0.4, 0.5) is 23.2 Å². The van der Waals surface area contributed by atoms with Crippen LogP contribution < -0.4 is 4.90 Å². The number of carbonyl (C=O) groups is 1. The monoisotopic (exact) mass is 346 g/mol. The average molecular weight is 346 g/mol. The third-order valence-corrected chi connectivity index (χ3v) is 3.37. The van der Waals surface area contributed by atoms with Gasteiger partial charge in [-0.2, -0.15) is 0 Å². The topological polar surface area (TPSA) is 73.1 Å². The van der Waals surface area contributed by atoms with Gasteiger partial charge in [0.2, 0.25) is 0 Å². The summed E-state index contributed by atoms with van der Waals surface area (Å²) in [6.45, 7) is 0. The van der Waals surface area contributed by atoms with Crippen molar-refractivity contribution in [3.63, 3.8) is 0 Å². The lowest BCUT2D eigenvalue weighted by Gasteiger charge is -2.20. The third-order valence-electron chi connectivity index (χ3n) is 3.37. The van der Waals surface area contributed by atoms with Crippen molar-refractivity contribution in [3.8, 4) is 0 Å². The molecule has 1 aliphatic rings. The first-order valence-electron chi connectivity index (χ1n) is 6.90. The number of hydrogen-bond donors (Lipinski definition) is 2. The summed E-state index contributed by atoms with van der Waals surface area (Å²) < 4.78 is 55.0. The smallest absolute Gasteiger partial charge is 0.341 e. The number of aliphatic hydroxyl groups excluding tert-OH is 1. The molecular formula is C15H14F4N2O3. The fourth-order valence-electron chi connectivity index (χ4n) is 2.01. The Labute approximate surface area is 134 Å². The normalized spacial score (nSPS) is 15.6. The molecule has 0 spiro atoms. The Balaban J connectivity index is 2.76. The van der Waals surface area contributed by atoms with Crippen molar-refractivity contribution in [1.29, 1.82) is 0 Å². The molecule has 1 aliphatic carbocycles. The number of anilines is 1. The molecular weight excluding hydrogens is 332 g/mol. The Morgan fingerprint density at radius 2 is 1.62 bits per heavy atom. The van der Waals surface area contributed by atoms with E-state index in [0.29, 0.717) is 0 Å². The molecule has 2 rings (SSSR count). The van der Waals surface area contributed by atoms with Gasteiger partial charge >= 0.3 is 5.97 Å². The molecule has 0 bridgehead atoms. The summed E-state index contributed by atoms with van der Waals surface area (Å²) >= 11 is 0. The number of carboxylic acid groups (broad SMARTS) is 1. The molecule has 9 heteroatoms. The van der Waals surface area contributed by atoms with E-state index in [1.54, 1.807) is 0 Å². The van der Waals surface area contributed by atoms with Crippen molar-refractivity contribution in [2.24, 2.45) is 4.99 Å². The van der Waals surface area contributed by atoms with Crippen LogP contribution in [-0.2, 0) is 4.79 Å². The van der Waals surface area contributed by atoms with Crippen molar-refractivity contribution >= 4 is 23.6 Å². The molecule has 0 saturated heterocycles. The van der Waals surface area contributed by atoms with Gasteiger partial charge in [0.05, 0.1) is 17.3 Å². The summed E-state index contributed by atoms with van der Waals surface area (Å²) in [4.78, 5) is 16.0. The molecule has 0 radical (unpaired) electrons. The molecule has 1 fully saturated rings. The summed E-state index contributed by atoms with van der Waals surface area (Å²) in [7, 11) is 2.40. The van der Waals surface area contributed by atoms with Crippen molar-refractivity contribution < 1.29 is 32.6 Å². The second-order valence-corrected chi connectivity index (χ2v) is 5.45. The lowest BCUT2D eigenvalue weighted by molar-refractivity contribution is -0.132. The molecule has 1 aromatic rings. The minimum absolute atomic E-state index is 0.105. The fraction of sp³-hybridized carbons (Fsp3) is 0.333. The zero-order valence-electron chi connectivity index (χ0n) is 12.8. The lowest BCUT2D eigenvalue weighted by atomic mass is 10.0. The van der Waals surface area contributed by atoms with Crippen molar-refractivity contribution in [2.45, 2.75) is 18.9 Å². The molecule has 1 aromatic carbocycles.